The van der Waals surface area contributed by atoms with Gasteiger partial charge in [0.1, 0.15) is 5.82 Å². The molecule has 1 aliphatic heterocycles. The lowest BCUT2D eigenvalue weighted by Crippen LogP contribution is -2.57. The molecule has 1 saturated heterocycles. The molecule has 1 aromatic rings. The second kappa shape index (κ2) is 6.44. The molecular formula is C20H32N4O. The van der Waals surface area contributed by atoms with Gasteiger partial charge < -0.3 is 20.3 Å². The van der Waals surface area contributed by atoms with Gasteiger partial charge in [-0.1, -0.05) is 0 Å². The number of hydrogen-bond acceptors (Lipinski definition) is 5. The SMILES string of the molecule is CNC1CC2(C1)CC(Nc1ccc(N3C[C@@H](C)O[C@@H](C)C3)nc1C)C2. The van der Waals surface area contributed by atoms with E-state index in [-0.39, 0.29) is 12.2 Å². The average Bonchev–Trinajstić information content (AvgIpc) is 2.48. The molecule has 138 valence electrons. The first-order valence-corrected chi connectivity index (χ1v) is 9.78. The molecule has 2 saturated carbocycles. The fourth-order valence-electron chi connectivity index (χ4n) is 5.07. The van der Waals surface area contributed by atoms with Crippen LogP contribution in [0.3, 0.4) is 0 Å². The number of nitrogens with zero attached hydrogens (tertiary/aromatic N) is 2. The van der Waals surface area contributed by atoms with Gasteiger partial charge in [0.05, 0.1) is 23.6 Å². The second-order valence-electron chi connectivity index (χ2n) is 8.61. The number of hydrogen-bond donors (Lipinski definition) is 2. The van der Waals surface area contributed by atoms with E-state index in [2.05, 4.69) is 55.5 Å². The Labute approximate surface area is 151 Å². The maximum absolute atomic E-state index is 5.83. The molecule has 2 atom stereocenters. The predicted molar refractivity (Wildman–Crippen MR) is 102 cm³/mol. The number of anilines is 2. The third-order valence-corrected chi connectivity index (χ3v) is 6.30. The van der Waals surface area contributed by atoms with Gasteiger partial charge in [-0.3, -0.25) is 0 Å². The van der Waals surface area contributed by atoms with Crippen LogP contribution in [0, 0.1) is 12.3 Å². The molecule has 0 radical (unpaired) electrons. The zero-order chi connectivity index (χ0) is 17.6. The molecule has 0 aromatic carbocycles. The third kappa shape index (κ3) is 3.36. The van der Waals surface area contributed by atoms with Gasteiger partial charge in [-0.05, 0) is 71.0 Å². The lowest BCUT2D eigenvalue weighted by atomic mass is 9.52. The first kappa shape index (κ1) is 17.1. The highest BCUT2D eigenvalue weighted by molar-refractivity contribution is 5.54. The molecule has 5 nitrogen and oxygen atoms in total. The molecule has 2 N–H and O–H groups in total. The van der Waals surface area contributed by atoms with Crippen LogP contribution in [0.15, 0.2) is 12.1 Å². The Morgan fingerprint density at radius 2 is 1.72 bits per heavy atom. The molecule has 1 aromatic heterocycles. The lowest BCUT2D eigenvalue weighted by Gasteiger charge is -2.58. The minimum atomic E-state index is 0.263. The first-order valence-electron chi connectivity index (χ1n) is 9.78. The summed E-state index contributed by atoms with van der Waals surface area (Å²) in [6.45, 7) is 8.23. The molecule has 2 aliphatic carbocycles. The van der Waals surface area contributed by atoms with Crippen molar-refractivity contribution in [1.29, 1.82) is 0 Å². The Bertz CT molecular complexity index is 610. The van der Waals surface area contributed by atoms with E-state index in [1.807, 2.05) is 0 Å². The monoisotopic (exact) mass is 344 g/mol. The molecule has 2 heterocycles. The largest absolute Gasteiger partial charge is 0.381 e. The first-order chi connectivity index (χ1) is 12.0. The summed E-state index contributed by atoms with van der Waals surface area (Å²) in [5, 5.41) is 7.12. The molecule has 3 aliphatic rings. The predicted octanol–water partition coefficient (Wildman–Crippen LogP) is 2.95. The van der Waals surface area contributed by atoms with Crippen LogP contribution >= 0.6 is 0 Å². The van der Waals surface area contributed by atoms with E-state index >= 15 is 0 Å². The smallest absolute Gasteiger partial charge is 0.129 e. The van der Waals surface area contributed by atoms with Crippen LogP contribution in [0.1, 0.15) is 45.2 Å². The quantitative estimate of drug-likeness (QED) is 0.879. The fourth-order valence-corrected chi connectivity index (χ4v) is 5.07. The number of rotatable bonds is 4. The summed E-state index contributed by atoms with van der Waals surface area (Å²) in [5.74, 6) is 1.07. The van der Waals surface area contributed by atoms with Crippen molar-refractivity contribution >= 4 is 11.5 Å². The molecule has 0 bridgehead atoms. The molecule has 1 spiro atoms. The van der Waals surface area contributed by atoms with Gasteiger partial charge in [-0.25, -0.2) is 4.98 Å². The Morgan fingerprint density at radius 3 is 2.32 bits per heavy atom. The van der Waals surface area contributed by atoms with E-state index in [9.17, 15) is 0 Å². The van der Waals surface area contributed by atoms with Crippen LogP contribution < -0.4 is 15.5 Å². The van der Waals surface area contributed by atoms with E-state index in [0.717, 1.165) is 30.6 Å². The number of morpholine rings is 1. The summed E-state index contributed by atoms with van der Waals surface area (Å²) in [4.78, 5) is 7.22. The van der Waals surface area contributed by atoms with Crippen molar-refractivity contribution in [1.82, 2.24) is 10.3 Å². The van der Waals surface area contributed by atoms with Crippen LogP contribution in [0.4, 0.5) is 11.5 Å². The van der Waals surface area contributed by atoms with Gasteiger partial charge in [0, 0.05) is 25.2 Å². The van der Waals surface area contributed by atoms with Crippen LogP contribution in [-0.2, 0) is 4.74 Å². The Kier molecular flexibility index (Phi) is 4.40. The summed E-state index contributed by atoms with van der Waals surface area (Å²) in [5.41, 5.74) is 2.93. The zero-order valence-corrected chi connectivity index (χ0v) is 16.0. The van der Waals surface area contributed by atoms with E-state index in [1.54, 1.807) is 0 Å². The van der Waals surface area contributed by atoms with E-state index < -0.39 is 0 Å². The number of aromatic nitrogens is 1. The molecule has 3 fully saturated rings. The van der Waals surface area contributed by atoms with Gasteiger partial charge in [0.2, 0.25) is 0 Å². The van der Waals surface area contributed by atoms with Crippen molar-refractivity contribution in [2.75, 3.05) is 30.4 Å². The van der Waals surface area contributed by atoms with Crippen LogP contribution in [0.2, 0.25) is 0 Å². The molecule has 0 unspecified atom stereocenters. The van der Waals surface area contributed by atoms with E-state index in [1.165, 1.54) is 31.4 Å². The van der Waals surface area contributed by atoms with Crippen molar-refractivity contribution in [3.05, 3.63) is 17.8 Å². The van der Waals surface area contributed by atoms with E-state index in [0.29, 0.717) is 11.5 Å². The normalized spacial score (nSPS) is 37.5. The summed E-state index contributed by atoms with van der Waals surface area (Å²) >= 11 is 0. The number of aryl methyl sites for hydroxylation is 1. The maximum Gasteiger partial charge on any atom is 0.129 e. The number of pyridine rings is 1. The van der Waals surface area contributed by atoms with Gasteiger partial charge in [0.25, 0.3) is 0 Å². The topological polar surface area (TPSA) is 49.4 Å². The van der Waals surface area contributed by atoms with Gasteiger partial charge in [-0.15, -0.1) is 0 Å². The van der Waals surface area contributed by atoms with E-state index in [4.69, 9.17) is 9.72 Å². The highest BCUT2D eigenvalue weighted by Crippen LogP contribution is 2.56. The maximum atomic E-state index is 5.83. The highest BCUT2D eigenvalue weighted by Gasteiger charge is 2.52. The minimum Gasteiger partial charge on any atom is -0.381 e. The van der Waals surface area contributed by atoms with Crippen molar-refractivity contribution in [3.8, 4) is 0 Å². The third-order valence-electron chi connectivity index (χ3n) is 6.30. The van der Waals surface area contributed by atoms with Crippen molar-refractivity contribution < 1.29 is 4.74 Å². The molecule has 25 heavy (non-hydrogen) atoms. The van der Waals surface area contributed by atoms with Crippen molar-refractivity contribution in [2.45, 2.75) is 70.7 Å². The molecule has 0 amide bonds. The van der Waals surface area contributed by atoms with Crippen LogP contribution in [-0.4, -0.2) is 49.4 Å². The summed E-state index contributed by atoms with van der Waals surface area (Å²) in [7, 11) is 2.08. The summed E-state index contributed by atoms with van der Waals surface area (Å²) in [6, 6.07) is 5.74. The zero-order valence-electron chi connectivity index (χ0n) is 16.0. The minimum absolute atomic E-state index is 0.263. The van der Waals surface area contributed by atoms with Gasteiger partial charge in [-0.2, -0.15) is 0 Å². The average molecular weight is 345 g/mol. The summed E-state index contributed by atoms with van der Waals surface area (Å²) in [6.07, 6.45) is 5.85. The number of nitrogens with one attached hydrogen (secondary N) is 2. The highest BCUT2D eigenvalue weighted by atomic mass is 16.5. The summed E-state index contributed by atoms with van der Waals surface area (Å²) < 4.78 is 5.83. The Hall–Kier alpha value is -1.33. The molecular weight excluding hydrogens is 312 g/mol. The van der Waals surface area contributed by atoms with Crippen LogP contribution in [0.5, 0.6) is 0 Å². The molecule has 4 rings (SSSR count). The van der Waals surface area contributed by atoms with Crippen molar-refractivity contribution in [3.63, 3.8) is 0 Å². The lowest BCUT2D eigenvalue weighted by molar-refractivity contribution is -0.00939. The standard InChI is InChI=1S/C20H32N4O/c1-13-11-24(12-14(2)25-13)19-6-5-18(15(3)22-19)23-17-9-20(10-17)7-16(8-20)21-4/h5-6,13-14,16-17,21,23H,7-12H2,1-4H3/t13-,14+,16?,17?,20?. The Balaban J connectivity index is 1.35. The molecule has 5 heteroatoms. The van der Waals surface area contributed by atoms with Gasteiger partial charge >= 0.3 is 0 Å². The van der Waals surface area contributed by atoms with Crippen LogP contribution in [0.25, 0.3) is 0 Å². The van der Waals surface area contributed by atoms with Gasteiger partial charge in [0.15, 0.2) is 0 Å². The second-order valence-corrected chi connectivity index (χ2v) is 8.61. The fraction of sp³-hybridized carbons (Fsp3) is 0.750. The number of ether oxygens (including phenoxy) is 1. The Morgan fingerprint density at radius 1 is 1.08 bits per heavy atom. The van der Waals surface area contributed by atoms with Crippen molar-refractivity contribution in [2.24, 2.45) is 5.41 Å².